The second kappa shape index (κ2) is 3.14. The van der Waals surface area contributed by atoms with Gasteiger partial charge in [0.15, 0.2) is 5.13 Å². The van der Waals surface area contributed by atoms with Crippen molar-refractivity contribution in [2.45, 2.75) is 6.42 Å². The van der Waals surface area contributed by atoms with E-state index < -0.39 is 0 Å². The zero-order valence-electron chi connectivity index (χ0n) is 7.14. The summed E-state index contributed by atoms with van der Waals surface area (Å²) in [5.41, 5.74) is 5.51. The summed E-state index contributed by atoms with van der Waals surface area (Å²) in [5, 5.41) is 4.57. The quantitative estimate of drug-likeness (QED) is 0.755. The smallest absolute Gasteiger partial charge is 0.180 e. The van der Waals surface area contributed by atoms with E-state index in [9.17, 15) is 0 Å². The van der Waals surface area contributed by atoms with Gasteiger partial charge in [-0.15, -0.1) is 11.3 Å². The Hall–Kier alpha value is -1.43. The van der Waals surface area contributed by atoms with Gasteiger partial charge in [0.1, 0.15) is 12.2 Å². The molecule has 68 valence electrons. The highest BCUT2D eigenvalue weighted by atomic mass is 32.1. The van der Waals surface area contributed by atoms with Crippen molar-refractivity contribution in [1.29, 1.82) is 0 Å². The van der Waals surface area contributed by atoms with E-state index in [1.54, 1.807) is 17.2 Å². The minimum Gasteiger partial charge on any atom is -0.375 e. The van der Waals surface area contributed by atoms with Gasteiger partial charge in [0.05, 0.1) is 0 Å². The molecule has 0 aromatic carbocycles. The van der Waals surface area contributed by atoms with Crippen LogP contribution in [0.5, 0.6) is 0 Å². The largest absolute Gasteiger partial charge is 0.375 e. The zero-order valence-corrected chi connectivity index (χ0v) is 7.95. The van der Waals surface area contributed by atoms with Gasteiger partial charge in [0.25, 0.3) is 0 Å². The Morgan fingerprint density at radius 3 is 2.92 bits per heavy atom. The monoisotopic (exact) mass is 195 g/mol. The molecule has 13 heavy (non-hydrogen) atoms. The van der Waals surface area contributed by atoms with Crippen LogP contribution in [0.15, 0.2) is 12.5 Å². The minimum absolute atomic E-state index is 0.595. The third-order valence-corrected chi connectivity index (χ3v) is 2.54. The van der Waals surface area contributed by atoms with E-state index in [-0.39, 0.29) is 0 Å². The number of nitrogen functional groups attached to an aromatic ring is 1. The first-order valence-corrected chi connectivity index (χ1v) is 4.60. The van der Waals surface area contributed by atoms with Crippen LogP contribution in [0.1, 0.15) is 10.7 Å². The number of nitrogens with zero attached hydrogens (tertiary/aromatic N) is 4. The van der Waals surface area contributed by atoms with Crippen molar-refractivity contribution in [2.75, 3.05) is 5.73 Å². The molecule has 0 saturated heterocycles. The average Bonchev–Trinajstić information content (AvgIpc) is 2.64. The van der Waals surface area contributed by atoms with Crippen LogP contribution >= 0.6 is 11.3 Å². The molecule has 0 atom stereocenters. The normalized spacial score (nSPS) is 10.5. The molecule has 2 aromatic rings. The molecule has 5 nitrogen and oxygen atoms in total. The summed E-state index contributed by atoms with van der Waals surface area (Å²) in [6.45, 7) is 0. The standard InChI is InChI=1S/C7H9N5S/c1-12-6(10-4-11-12)2-5-3-9-7(8)13-5/h3-4H,2H2,1H3,(H2,8,9). The summed E-state index contributed by atoms with van der Waals surface area (Å²) in [7, 11) is 1.87. The van der Waals surface area contributed by atoms with E-state index in [1.165, 1.54) is 11.3 Å². The Bertz CT molecular complexity index is 404. The first kappa shape index (κ1) is 8.18. The number of hydrogen-bond donors (Lipinski definition) is 1. The summed E-state index contributed by atoms with van der Waals surface area (Å²) < 4.78 is 1.75. The van der Waals surface area contributed by atoms with Gasteiger partial charge >= 0.3 is 0 Å². The first-order chi connectivity index (χ1) is 6.25. The number of rotatable bonds is 2. The molecule has 0 saturated carbocycles. The SMILES string of the molecule is Cn1ncnc1Cc1cnc(N)s1. The first-order valence-electron chi connectivity index (χ1n) is 3.79. The van der Waals surface area contributed by atoms with E-state index in [0.717, 1.165) is 17.1 Å². The van der Waals surface area contributed by atoms with E-state index in [4.69, 9.17) is 5.73 Å². The van der Waals surface area contributed by atoms with Crippen LogP contribution in [-0.2, 0) is 13.5 Å². The molecule has 0 bridgehead atoms. The fourth-order valence-corrected chi connectivity index (χ4v) is 1.72. The molecule has 2 N–H and O–H groups in total. The molecular formula is C7H9N5S. The van der Waals surface area contributed by atoms with Crippen molar-refractivity contribution in [2.24, 2.45) is 7.05 Å². The van der Waals surface area contributed by atoms with Crippen LogP contribution < -0.4 is 5.73 Å². The second-order valence-corrected chi connectivity index (χ2v) is 3.79. The van der Waals surface area contributed by atoms with Crippen molar-refractivity contribution in [3.63, 3.8) is 0 Å². The van der Waals surface area contributed by atoms with E-state index in [0.29, 0.717) is 5.13 Å². The molecule has 0 amide bonds. The third kappa shape index (κ3) is 1.67. The van der Waals surface area contributed by atoms with Gasteiger partial charge in [-0.2, -0.15) is 5.10 Å². The summed E-state index contributed by atoms with van der Waals surface area (Å²) in [6, 6.07) is 0. The van der Waals surface area contributed by atoms with Crippen molar-refractivity contribution in [3.8, 4) is 0 Å². The average molecular weight is 195 g/mol. The van der Waals surface area contributed by atoms with Gasteiger partial charge in [-0.3, -0.25) is 4.68 Å². The summed E-state index contributed by atoms with van der Waals surface area (Å²) in [4.78, 5) is 9.18. The van der Waals surface area contributed by atoms with Crippen LogP contribution in [0, 0.1) is 0 Å². The molecule has 2 aromatic heterocycles. The Labute approximate surface area is 79.2 Å². The number of aryl methyl sites for hydroxylation is 1. The highest BCUT2D eigenvalue weighted by molar-refractivity contribution is 7.15. The molecule has 0 spiro atoms. The Morgan fingerprint density at radius 2 is 2.38 bits per heavy atom. The lowest BCUT2D eigenvalue weighted by Gasteiger charge is -1.95. The third-order valence-electron chi connectivity index (χ3n) is 1.71. The molecule has 0 fully saturated rings. The number of anilines is 1. The highest BCUT2D eigenvalue weighted by Gasteiger charge is 2.04. The molecule has 0 unspecified atom stereocenters. The van der Waals surface area contributed by atoms with Crippen LogP contribution in [0.2, 0.25) is 0 Å². The molecule has 0 radical (unpaired) electrons. The van der Waals surface area contributed by atoms with E-state index in [2.05, 4.69) is 15.1 Å². The predicted molar refractivity (Wildman–Crippen MR) is 50.3 cm³/mol. The summed E-state index contributed by atoms with van der Waals surface area (Å²) in [6.07, 6.45) is 4.06. The fraction of sp³-hybridized carbons (Fsp3) is 0.286. The van der Waals surface area contributed by atoms with Crippen molar-refractivity contribution >= 4 is 16.5 Å². The summed E-state index contributed by atoms with van der Waals surface area (Å²) in [5.74, 6) is 0.920. The maximum Gasteiger partial charge on any atom is 0.180 e. The van der Waals surface area contributed by atoms with Crippen molar-refractivity contribution in [3.05, 3.63) is 23.2 Å². The number of aromatic nitrogens is 4. The molecular weight excluding hydrogens is 186 g/mol. The van der Waals surface area contributed by atoms with Crippen LogP contribution in [0.4, 0.5) is 5.13 Å². The Morgan fingerprint density at radius 1 is 1.54 bits per heavy atom. The molecule has 0 aliphatic rings. The molecule has 2 heterocycles. The highest BCUT2D eigenvalue weighted by Crippen LogP contribution is 2.16. The van der Waals surface area contributed by atoms with Gasteiger partial charge in [-0.05, 0) is 0 Å². The van der Waals surface area contributed by atoms with Crippen LogP contribution in [-0.4, -0.2) is 19.7 Å². The second-order valence-electron chi connectivity index (χ2n) is 2.64. The van der Waals surface area contributed by atoms with Gasteiger partial charge in [-0.25, -0.2) is 9.97 Å². The number of hydrogen-bond acceptors (Lipinski definition) is 5. The molecule has 6 heteroatoms. The maximum absolute atomic E-state index is 5.51. The van der Waals surface area contributed by atoms with Gasteiger partial charge < -0.3 is 5.73 Å². The topological polar surface area (TPSA) is 69.6 Å². The van der Waals surface area contributed by atoms with Crippen molar-refractivity contribution < 1.29 is 0 Å². The zero-order chi connectivity index (χ0) is 9.26. The minimum atomic E-state index is 0.595. The summed E-state index contributed by atoms with van der Waals surface area (Å²) >= 11 is 1.48. The number of nitrogens with two attached hydrogens (primary N) is 1. The lowest BCUT2D eigenvalue weighted by Crippen LogP contribution is -1.99. The maximum atomic E-state index is 5.51. The Balaban J connectivity index is 2.19. The van der Waals surface area contributed by atoms with Crippen LogP contribution in [0.3, 0.4) is 0 Å². The predicted octanol–water partition coefficient (Wildman–Crippen LogP) is 0.445. The molecule has 0 aliphatic carbocycles. The van der Waals surface area contributed by atoms with Crippen molar-refractivity contribution in [1.82, 2.24) is 19.7 Å². The Kier molecular flexibility index (Phi) is 1.97. The fourth-order valence-electron chi connectivity index (χ4n) is 1.04. The molecule has 2 rings (SSSR count). The number of thiazole rings is 1. The van der Waals surface area contributed by atoms with Gasteiger partial charge in [0, 0.05) is 24.5 Å². The van der Waals surface area contributed by atoms with Gasteiger partial charge in [0.2, 0.25) is 0 Å². The van der Waals surface area contributed by atoms with Gasteiger partial charge in [-0.1, -0.05) is 0 Å². The van der Waals surface area contributed by atoms with Crippen LogP contribution in [0.25, 0.3) is 0 Å². The van der Waals surface area contributed by atoms with E-state index >= 15 is 0 Å². The van der Waals surface area contributed by atoms with E-state index in [1.807, 2.05) is 7.05 Å². The lowest BCUT2D eigenvalue weighted by atomic mass is 10.4. The lowest BCUT2D eigenvalue weighted by molar-refractivity contribution is 0.718. The molecule has 0 aliphatic heterocycles.